The number of rotatable bonds is 5. The van der Waals surface area contributed by atoms with E-state index in [0.717, 1.165) is 28.0 Å². The molecule has 0 atom stereocenters. The van der Waals surface area contributed by atoms with Crippen LogP contribution in [0.3, 0.4) is 0 Å². The van der Waals surface area contributed by atoms with Gasteiger partial charge in [-0.25, -0.2) is 9.37 Å². The van der Waals surface area contributed by atoms with Gasteiger partial charge >= 0.3 is 6.36 Å². The molecule has 0 saturated carbocycles. The molecule has 2 aromatic carbocycles. The van der Waals surface area contributed by atoms with E-state index in [9.17, 15) is 32.6 Å². The molecule has 3 aromatic heterocycles. The molecule has 184 valence electrons. The number of aromatic nitrogens is 2. The number of aryl methyl sites for hydroxylation is 1. The monoisotopic (exact) mass is 518 g/mol. The van der Waals surface area contributed by atoms with Gasteiger partial charge < -0.3 is 19.4 Å². The summed E-state index contributed by atoms with van der Waals surface area (Å²) < 4.78 is 63.1. The van der Waals surface area contributed by atoms with Gasteiger partial charge in [0.15, 0.2) is 16.6 Å². The van der Waals surface area contributed by atoms with Crippen molar-refractivity contribution in [1.82, 2.24) is 9.55 Å². The number of fused-ring (bicyclic) bond motifs is 1. The lowest BCUT2D eigenvalue weighted by Crippen LogP contribution is -2.17. The first-order chi connectivity index (χ1) is 17.0. The number of thiazole rings is 1. The normalized spacial score (nSPS) is 11.8. The van der Waals surface area contributed by atoms with Crippen molar-refractivity contribution in [2.45, 2.75) is 13.3 Å². The maximum atomic E-state index is 13.7. The Balaban J connectivity index is 1.78. The van der Waals surface area contributed by atoms with Crippen LogP contribution < -0.4 is 4.74 Å². The summed E-state index contributed by atoms with van der Waals surface area (Å²) in [6, 6.07) is 11.3. The van der Waals surface area contributed by atoms with Gasteiger partial charge in [-0.2, -0.15) is 0 Å². The summed E-state index contributed by atoms with van der Waals surface area (Å²) in [4.78, 5) is 17.7. The number of carbonyl (C=O) groups excluding carboxylic acids is 1. The maximum absolute atomic E-state index is 13.7. The van der Waals surface area contributed by atoms with E-state index >= 15 is 0 Å². The van der Waals surface area contributed by atoms with Crippen LogP contribution in [-0.4, -0.2) is 31.9 Å². The van der Waals surface area contributed by atoms with E-state index in [1.54, 1.807) is 6.92 Å². The predicted octanol–water partition coefficient (Wildman–Crippen LogP) is 6.34. The maximum Gasteiger partial charge on any atom is 0.573 e. The third-order valence-corrected chi connectivity index (χ3v) is 6.19. The van der Waals surface area contributed by atoms with E-state index in [1.807, 2.05) is 0 Å². The van der Waals surface area contributed by atoms with Crippen molar-refractivity contribution in [3.63, 3.8) is 0 Å². The molecule has 0 saturated heterocycles. The molecule has 0 unspecified atom stereocenters. The van der Waals surface area contributed by atoms with Gasteiger partial charge in [-0.1, -0.05) is 23.5 Å². The summed E-state index contributed by atoms with van der Waals surface area (Å²) >= 11 is 0.930. The van der Waals surface area contributed by atoms with Gasteiger partial charge in [-0.05, 0) is 49.4 Å². The quantitative estimate of drug-likeness (QED) is 0.208. The second-order valence-electron chi connectivity index (χ2n) is 7.65. The number of hydrogen-bond acceptors (Lipinski definition) is 7. The Kier molecular flexibility index (Phi) is 5.47. The Hall–Kier alpha value is -4.32. The van der Waals surface area contributed by atoms with E-state index in [-0.39, 0.29) is 22.1 Å². The summed E-state index contributed by atoms with van der Waals surface area (Å²) in [5.74, 6) is -3.36. The first-order valence-electron chi connectivity index (χ1n) is 10.2. The fraction of sp³-hybridized carbons (Fsp3) is 0.0833. The topological polar surface area (TPSA) is 97.7 Å². The van der Waals surface area contributed by atoms with Gasteiger partial charge in [0.25, 0.3) is 0 Å². The number of nitrogens with zero attached hydrogens (tertiary/aromatic N) is 2. The number of aromatic hydroxyl groups is 2. The third kappa shape index (κ3) is 4.15. The highest BCUT2D eigenvalue weighted by Gasteiger charge is 2.34. The predicted molar refractivity (Wildman–Crippen MR) is 121 cm³/mol. The van der Waals surface area contributed by atoms with Crippen LogP contribution in [-0.2, 0) is 0 Å². The number of alkyl halides is 3. The van der Waals surface area contributed by atoms with Crippen LogP contribution >= 0.6 is 11.3 Å². The standard InChI is InChI=1S/C24H14F4N2O5S/c1-11-5-8-16(34-11)20(31)18-19(12-3-2-4-14(9-12)35-24(26,27)28)30(22(33)21(18)32)23-29-15-7-6-13(25)10-17(15)36-23/h2-10,32-33H,1H3. The first-order valence-corrected chi connectivity index (χ1v) is 11.0. The summed E-state index contributed by atoms with van der Waals surface area (Å²) in [6.07, 6.45) is -4.98. The number of benzene rings is 2. The molecule has 7 nitrogen and oxygen atoms in total. The first kappa shape index (κ1) is 23.4. The molecule has 0 spiro atoms. The fourth-order valence-corrected chi connectivity index (χ4v) is 4.72. The van der Waals surface area contributed by atoms with Gasteiger partial charge in [0.1, 0.15) is 17.3 Å². The minimum Gasteiger partial charge on any atom is -0.503 e. The van der Waals surface area contributed by atoms with Crippen LogP contribution in [0.15, 0.2) is 59.0 Å². The number of halogens is 4. The van der Waals surface area contributed by atoms with E-state index in [0.29, 0.717) is 16.0 Å². The molecule has 0 amide bonds. The second kappa shape index (κ2) is 8.41. The summed E-state index contributed by atoms with van der Waals surface area (Å²) in [7, 11) is 0. The molecule has 2 N–H and O–H groups in total. The molecule has 0 radical (unpaired) electrons. The van der Waals surface area contributed by atoms with Gasteiger partial charge in [0.2, 0.25) is 11.7 Å². The molecular formula is C24H14F4N2O5S. The number of furan rings is 1. The number of ketones is 1. The van der Waals surface area contributed by atoms with Crippen LogP contribution in [0, 0.1) is 12.7 Å². The summed E-state index contributed by atoms with van der Waals surface area (Å²) in [5, 5.41) is 21.7. The highest BCUT2D eigenvalue weighted by atomic mass is 32.1. The largest absolute Gasteiger partial charge is 0.573 e. The zero-order chi connectivity index (χ0) is 25.8. The molecule has 36 heavy (non-hydrogen) atoms. The van der Waals surface area contributed by atoms with Crippen LogP contribution in [0.25, 0.3) is 26.6 Å². The molecule has 5 aromatic rings. The Morgan fingerprint density at radius 2 is 1.89 bits per heavy atom. The lowest BCUT2D eigenvalue weighted by molar-refractivity contribution is -0.274. The Labute approximate surface area is 203 Å². The van der Waals surface area contributed by atoms with Crippen molar-refractivity contribution in [3.8, 4) is 33.8 Å². The van der Waals surface area contributed by atoms with E-state index in [2.05, 4.69) is 9.72 Å². The van der Waals surface area contributed by atoms with Crippen molar-refractivity contribution in [2.75, 3.05) is 0 Å². The molecule has 12 heteroatoms. The van der Waals surface area contributed by atoms with E-state index < -0.39 is 40.9 Å². The van der Waals surface area contributed by atoms with Gasteiger partial charge in [-0.3, -0.25) is 9.36 Å². The van der Waals surface area contributed by atoms with Crippen molar-refractivity contribution < 1.29 is 41.7 Å². The van der Waals surface area contributed by atoms with E-state index in [1.165, 1.54) is 42.5 Å². The lowest BCUT2D eigenvalue weighted by atomic mass is 10.0. The smallest absolute Gasteiger partial charge is 0.503 e. The molecule has 0 fully saturated rings. The fourth-order valence-electron chi connectivity index (χ4n) is 3.72. The van der Waals surface area contributed by atoms with Crippen LogP contribution in [0.2, 0.25) is 0 Å². The molecular weight excluding hydrogens is 504 g/mol. The molecule has 5 rings (SSSR count). The Bertz CT molecular complexity index is 1630. The highest BCUT2D eigenvalue weighted by Crippen LogP contribution is 2.46. The average molecular weight is 518 g/mol. The minimum absolute atomic E-state index is 0.00980. The Morgan fingerprint density at radius 1 is 1.11 bits per heavy atom. The molecule has 0 aliphatic rings. The van der Waals surface area contributed by atoms with Gasteiger partial charge in [0.05, 0.1) is 21.5 Å². The number of ether oxygens (including phenoxy) is 1. The summed E-state index contributed by atoms with van der Waals surface area (Å²) in [5.41, 5.74) is -0.254. The van der Waals surface area contributed by atoms with Crippen molar-refractivity contribution in [1.29, 1.82) is 0 Å². The van der Waals surface area contributed by atoms with Crippen LogP contribution in [0.4, 0.5) is 17.6 Å². The average Bonchev–Trinajstić information content (AvgIpc) is 3.48. The lowest BCUT2D eigenvalue weighted by Gasteiger charge is -2.12. The third-order valence-electron chi connectivity index (χ3n) is 5.18. The van der Waals surface area contributed by atoms with E-state index in [4.69, 9.17) is 4.42 Å². The molecule has 0 bridgehead atoms. The van der Waals surface area contributed by atoms with Crippen LogP contribution in [0.1, 0.15) is 21.9 Å². The minimum atomic E-state index is -4.98. The zero-order valence-electron chi connectivity index (χ0n) is 18.1. The molecule has 0 aliphatic heterocycles. The highest BCUT2D eigenvalue weighted by molar-refractivity contribution is 7.20. The van der Waals surface area contributed by atoms with Gasteiger partial charge in [-0.15, -0.1) is 13.2 Å². The van der Waals surface area contributed by atoms with Crippen LogP contribution in [0.5, 0.6) is 17.4 Å². The zero-order valence-corrected chi connectivity index (χ0v) is 18.9. The number of carbonyl (C=O) groups is 1. The SMILES string of the molecule is Cc1ccc(C(=O)c2c(O)c(O)n(-c3nc4ccc(F)cc4s3)c2-c2cccc(OC(F)(F)F)c2)o1. The van der Waals surface area contributed by atoms with Crippen molar-refractivity contribution in [3.05, 3.63) is 77.5 Å². The second-order valence-corrected chi connectivity index (χ2v) is 8.66. The van der Waals surface area contributed by atoms with Crippen molar-refractivity contribution in [2.24, 2.45) is 0 Å². The Morgan fingerprint density at radius 3 is 2.58 bits per heavy atom. The van der Waals surface area contributed by atoms with Gasteiger partial charge in [0, 0.05) is 5.56 Å². The number of hydrogen-bond donors (Lipinski definition) is 2. The molecule has 3 heterocycles. The molecule has 0 aliphatic carbocycles. The summed E-state index contributed by atoms with van der Waals surface area (Å²) in [6.45, 7) is 1.60. The van der Waals surface area contributed by atoms with Crippen molar-refractivity contribution >= 4 is 27.3 Å².